The lowest BCUT2D eigenvalue weighted by Crippen LogP contribution is -2.53. The van der Waals surface area contributed by atoms with Gasteiger partial charge in [-0.25, -0.2) is 0 Å². The molecule has 2 rings (SSSR count). The van der Waals surface area contributed by atoms with E-state index in [1.165, 1.54) is 0 Å². The highest BCUT2D eigenvalue weighted by molar-refractivity contribution is 5.78. The highest BCUT2D eigenvalue weighted by atomic mass is 16.5. The molecular weight excluding hydrogens is 244 g/mol. The van der Waals surface area contributed by atoms with Crippen LogP contribution in [0.5, 0.6) is 0 Å². The van der Waals surface area contributed by atoms with Crippen molar-refractivity contribution in [3.63, 3.8) is 0 Å². The minimum absolute atomic E-state index is 0.110. The summed E-state index contributed by atoms with van der Waals surface area (Å²) in [6, 6.07) is 0. The summed E-state index contributed by atoms with van der Waals surface area (Å²) < 4.78 is 11.3. The van der Waals surface area contributed by atoms with Gasteiger partial charge in [-0.05, 0) is 19.8 Å². The number of fused-ring (bicyclic) bond motifs is 1. The van der Waals surface area contributed by atoms with Crippen molar-refractivity contribution < 1.29 is 14.3 Å². The van der Waals surface area contributed by atoms with E-state index in [2.05, 4.69) is 10.2 Å². The lowest BCUT2D eigenvalue weighted by atomic mass is 9.79. The smallest absolute Gasteiger partial charge is 0.223 e. The first kappa shape index (κ1) is 14.8. The molecule has 3 atom stereocenters. The van der Waals surface area contributed by atoms with Crippen LogP contribution in [0.2, 0.25) is 0 Å². The second-order valence-electron chi connectivity index (χ2n) is 5.37. The molecule has 19 heavy (non-hydrogen) atoms. The molecule has 1 amide bonds. The van der Waals surface area contributed by atoms with Crippen LogP contribution in [-0.4, -0.2) is 63.4 Å². The van der Waals surface area contributed by atoms with Crippen LogP contribution < -0.4 is 5.32 Å². The zero-order valence-corrected chi connectivity index (χ0v) is 12.1. The summed E-state index contributed by atoms with van der Waals surface area (Å²) in [4.78, 5) is 14.4. The third kappa shape index (κ3) is 3.68. The van der Waals surface area contributed by atoms with Gasteiger partial charge in [-0.1, -0.05) is 0 Å². The van der Waals surface area contributed by atoms with E-state index in [-0.39, 0.29) is 17.9 Å². The van der Waals surface area contributed by atoms with Gasteiger partial charge in [0.2, 0.25) is 5.91 Å². The van der Waals surface area contributed by atoms with Crippen LogP contribution in [0.1, 0.15) is 19.8 Å². The fraction of sp³-hybridized carbons (Fsp3) is 0.929. The van der Waals surface area contributed by atoms with Crippen molar-refractivity contribution in [2.75, 3.05) is 46.5 Å². The fourth-order valence-electron chi connectivity index (χ4n) is 3.24. The summed E-state index contributed by atoms with van der Waals surface area (Å²) >= 11 is 0. The van der Waals surface area contributed by atoms with Crippen LogP contribution in [0.15, 0.2) is 0 Å². The number of ether oxygens (including phenoxy) is 2. The maximum atomic E-state index is 12.0. The molecule has 2 saturated heterocycles. The van der Waals surface area contributed by atoms with Gasteiger partial charge < -0.3 is 19.7 Å². The monoisotopic (exact) mass is 270 g/mol. The lowest BCUT2D eigenvalue weighted by molar-refractivity contribution is -0.141. The molecule has 2 aliphatic heterocycles. The van der Waals surface area contributed by atoms with Gasteiger partial charge in [-0.15, -0.1) is 0 Å². The first-order chi connectivity index (χ1) is 9.26. The van der Waals surface area contributed by atoms with Crippen LogP contribution in [0.4, 0.5) is 0 Å². The molecule has 0 unspecified atom stereocenters. The number of hydrogen-bond donors (Lipinski definition) is 1. The molecule has 0 aromatic rings. The Morgan fingerprint density at radius 2 is 2.32 bits per heavy atom. The Bertz CT molecular complexity index is 296. The first-order valence-electron chi connectivity index (χ1n) is 7.39. The van der Waals surface area contributed by atoms with Gasteiger partial charge in [0.05, 0.1) is 12.7 Å². The van der Waals surface area contributed by atoms with Gasteiger partial charge in [0.1, 0.15) is 0 Å². The van der Waals surface area contributed by atoms with Crippen molar-refractivity contribution in [2.24, 2.45) is 11.8 Å². The molecule has 0 aromatic carbocycles. The van der Waals surface area contributed by atoms with E-state index in [1.54, 1.807) is 7.05 Å². The minimum Gasteiger partial charge on any atom is -0.380 e. The van der Waals surface area contributed by atoms with E-state index in [1.807, 2.05) is 6.92 Å². The Kier molecular flexibility index (Phi) is 5.60. The fourth-order valence-corrected chi connectivity index (χ4v) is 3.24. The molecule has 0 aromatic heterocycles. The molecule has 0 bridgehead atoms. The molecule has 0 aliphatic carbocycles. The molecule has 1 N–H and O–H groups in total. The number of likely N-dealkylation sites (tertiary alicyclic amines) is 1. The summed E-state index contributed by atoms with van der Waals surface area (Å²) in [5.41, 5.74) is 0. The minimum atomic E-state index is 0.110. The summed E-state index contributed by atoms with van der Waals surface area (Å²) in [6.07, 6.45) is 2.14. The average Bonchev–Trinajstić information content (AvgIpc) is 2.46. The zero-order valence-electron chi connectivity index (χ0n) is 12.1. The second kappa shape index (κ2) is 7.22. The normalized spacial score (nSPS) is 31.8. The van der Waals surface area contributed by atoms with Crippen molar-refractivity contribution in [1.82, 2.24) is 10.2 Å². The van der Waals surface area contributed by atoms with Gasteiger partial charge >= 0.3 is 0 Å². The molecule has 0 radical (unpaired) electrons. The maximum Gasteiger partial charge on any atom is 0.223 e. The van der Waals surface area contributed by atoms with E-state index in [9.17, 15) is 4.79 Å². The number of nitrogens with one attached hydrogen (secondary N) is 1. The van der Waals surface area contributed by atoms with E-state index in [4.69, 9.17) is 9.47 Å². The van der Waals surface area contributed by atoms with Crippen LogP contribution >= 0.6 is 0 Å². The van der Waals surface area contributed by atoms with Crippen molar-refractivity contribution in [2.45, 2.75) is 25.9 Å². The van der Waals surface area contributed by atoms with Crippen molar-refractivity contribution in [3.05, 3.63) is 0 Å². The van der Waals surface area contributed by atoms with Crippen LogP contribution in [0.25, 0.3) is 0 Å². The summed E-state index contributed by atoms with van der Waals surface area (Å²) in [5.74, 6) is 0.618. The Hall–Kier alpha value is -0.650. The largest absolute Gasteiger partial charge is 0.380 e. The topological polar surface area (TPSA) is 50.8 Å². The number of rotatable bonds is 5. The number of piperidine rings is 1. The van der Waals surface area contributed by atoms with Crippen molar-refractivity contribution in [1.29, 1.82) is 0 Å². The quantitative estimate of drug-likeness (QED) is 0.739. The highest BCUT2D eigenvalue weighted by Crippen LogP contribution is 2.33. The number of carbonyl (C=O) groups is 1. The molecule has 5 heteroatoms. The molecule has 2 heterocycles. The number of carbonyl (C=O) groups excluding carboxylic acids is 1. The van der Waals surface area contributed by atoms with Crippen molar-refractivity contribution in [3.8, 4) is 0 Å². The molecule has 0 saturated carbocycles. The Morgan fingerprint density at radius 3 is 3.05 bits per heavy atom. The Balaban J connectivity index is 1.90. The molecule has 0 spiro atoms. The van der Waals surface area contributed by atoms with Gasteiger partial charge in [0.15, 0.2) is 0 Å². The van der Waals surface area contributed by atoms with E-state index in [0.717, 1.165) is 52.3 Å². The lowest BCUT2D eigenvalue weighted by Gasteiger charge is -2.44. The predicted octanol–water partition coefficient (Wildman–Crippen LogP) is 0.496. The summed E-state index contributed by atoms with van der Waals surface area (Å²) in [7, 11) is 1.72. The van der Waals surface area contributed by atoms with E-state index in [0.29, 0.717) is 5.92 Å². The number of nitrogens with zero attached hydrogens (tertiary/aromatic N) is 1. The Labute approximate surface area is 115 Å². The second-order valence-corrected chi connectivity index (χ2v) is 5.37. The molecule has 110 valence electrons. The highest BCUT2D eigenvalue weighted by Gasteiger charge is 2.41. The molecule has 2 fully saturated rings. The van der Waals surface area contributed by atoms with Crippen LogP contribution in [0, 0.1) is 11.8 Å². The molecule has 2 aliphatic rings. The molecular formula is C14H26N2O3. The summed E-state index contributed by atoms with van der Waals surface area (Å²) in [5, 5.41) is 2.80. The standard InChI is InChI=1S/C14H26N2O3/c1-3-18-9-7-16-6-4-13-12(10-16)11(5-8-19-13)14(17)15-2/h11-13H,3-10H2,1-2H3,(H,15,17)/t11-,12+,13-/m1/s1. The average molecular weight is 270 g/mol. The van der Waals surface area contributed by atoms with E-state index >= 15 is 0 Å². The van der Waals surface area contributed by atoms with Crippen LogP contribution in [-0.2, 0) is 14.3 Å². The first-order valence-corrected chi connectivity index (χ1v) is 7.39. The third-order valence-electron chi connectivity index (χ3n) is 4.29. The van der Waals surface area contributed by atoms with Gasteiger partial charge in [-0.2, -0.15) is 0 Å². The third-order valence-corrected chi connectivity index (χ3v) is 4.29. The zero-order chi connectivity index (χ0) is 13.7. The SMILES string of the molecule is CCOCCN1CC[C@H]2OCC[C@@H](C(=O)NC)[C@@H]2C1. The van der Waals surface area contributed by atoms with E-state index < -0.39 is 0 Å². The number of amides is 1. The van der Waals surface area contributed by atoms with Gasteiger partial charge in [0, 0.05) is 51.7 Å². The van der Waals surface area contributed by atoms with Gasteiger partial charge in [-0.3, -0.25) is 4.79 Å². The summed E-state index contributed by atoms with van der Waals surface area (Å²) in [6.45, 7) is 7.24. The predicted molar refractivity (Wildman–Crippen MR) is 73.0 cm³/mol. The van der Waals surface area contributed by atoms with Crippen molar-refractivity contribution >= 4 is 5.91 Å². The van der Waals surface area contributed by atoms with Crippen LogP contribution in [0.3, 0.4) is 0 Å². The Morgan fingerprint density at radius 1 is 1.47 bits per heavy atom. The molecule has 5 nitrogen and oxygen atoms in total. The van der Waals surface area contributed by atoms with Gasteiger partial charge in [0.25, 0.3) is 0 Å². The maximum absolute atomic E-state index is 12.0. The number of hydrogen-bond acceptors (Lipinski definition) is 4.